The molecule has 0 radical (unpaired) electrons. The van der Waals surface area contributed by atoms with Gasteiger partial charge in [0.05, 0.1) is 48.5 Å². The number of aliphatic carboxylic acids is 2. The van der Waals surface area contributed by atoms with Crippen molar-refractivity contribution in [3.63, 3.8) is 0 Å². The Balaban J connectivity index is 0.00000961. The van der Waals surface area contributed by atoms with E-state index < -0.39 is 58.0 Å². The van der Waals surface area contributed by atoms with Crippen LogP contribution >= 0.6 is 12.0 Å². The summed E-state index contributed by atoms with van der Waals surface area (Å²) >= 11 is 0.868. The minimum Gasteiger partial charge on any atom is -0.744 e. The first-order chi connectivity index (χ1) is 27.8. The molecule has 4 N–H and O–H groups in total. The van der Waals surface area contributed by atoms with Gasteiger partial charge in [-0.2, -0.15) is 0 Å². The second-order valence-electron chi connectivity index (χ2n) is 15.2. The molecule has 0 bridgehead atoms. The van der Waals surface area contributed by atoms with Crippen LogP contribution in [0.25, 0.3) is 0 Å². The Kier molecular flexibility index (Phi) is 18.5. The van der Waals surface area contributed by atoms with Gasteiger partial charge < -0.3 is 29.7 Å². The van der Waals surface area contributed by atoms with E-state index in [1.807, 2.05) is 50.3 Å². The van der Waals surface area contributed by atoms with Gasteiger partial charge in [-0.25, -0.2) is 13.7 Å². The molecule has 1 atom stereocenters. The Morgan fingerprint density at radius 1 is 0.983 bits per heavy atom. The molecule has 20 heteroatoms. The minimum absolute atomic E-state index is 0. The molecule has 2 aromatic rings. The smallest absolute Gasteiger partial charge is 0.320 e. The van der Waals surface area contributed by atoms with Gasteiger partial charge in [0.2, 0.25) is 5.91 Å². The number of fused-ring (bicyclic) bond motifs is 2. The number of amides is 1. The number of hydrogen-bond acceptors (Lipinski definition) is 15. The Hall–Kier alpha value is -4.14. The van der Waals surface area contributed by atoms with Crippen molar-refractivity contribution in [1.82, 2.24) is 10.2 Å². The van der Waals surface area contributed by atoms with Gasteiger partial charge in [0, 0.05) is 63.1 Å². The number of anilines is 1. The molecule has 0 saturated heterocycles. The number of aliphatic imine (C=N–C) groups is 1. The third-order valence-electron chi connectivity index (χ3n) is 10.5. The second-order valence-corrected chi connectivity index (χ2v) is 17.4. The zero-order chi connectivity index (χ0) is 43.5. The molecule has 60 heavy (non-hydrogen) atoms. The Bertz CT molecular complexity index is 2090. The summed E-state index contributed by atoms with van der Waals surface area (Å²) in [6, 6.07) is 8.80. The zero-order valence-electron chi connectivity index (χ0n) is 34.0. The monoisotopic (exact) mass is 917 g/mol. The van der Waals surface area contributed by atoms with Crippen molar-refractivity contribution in [1.29, 1.82) is 0 Å². The van der Waals surface area contributed by atoms with Crippen LogP contribution < -0.4 is 10.2 Å². The largest absolute Gasteiger partial charge is 0.744 e. The van der Waals surface area contributed by atoms with Gasteiger partial charge in [-0.3, -0.25) is 29.1 Å². The molecule has 4 rings (SSSR count). The number of carboxylic acid groups (broad SMARTS) is 2. The summed E-state index contributed by atoms with van der Waals surface area (Å²) in [6.45, 7) is 7.89. The number of allylic oxidation sites excluding steroid dienone is 4. The van der Waals surface area contributed by atoms with Gasteiger partial charge in [-0.05, 0) is 91.8 Å². The summed E-state index contributed by atoms with van der Waals surface area (Å²) < 4.78 is 44.4. The van der Waals surface area contributed by atoms with Crippen LogP contribution in [-0.2, 0) is 70.7 Å². The van der Waals surface area contributed by atoms with Crippen LogP contribution in [0, 0.1) is 0 Å². The van der Waals surface area contributed by atoms with Gasteiger partial charge in [0.15, 0.2) is 0 Å². The number of nitrogens with one attached hydrogen (secondary N) is 1. The molecule has 2 aliphatic rings. The van der Waals surface area contributed by atoms with E-state index in [2.05, 4.69) is 38.2 Å². The van der Waals surface area contributed by atoms with E-state index in [0.717, 1.165) is 53.8 Å². The van der Waals surface area contributed by atoms with Crippen molar-refractivity contribution in [3.8, 4) is 0 Å². The third kappa shape index (κ3) is 12.9. The fourth-order valence-electron chi connectivity index (χ4n) is 7.31. The fraction of sp³-hybridized carbons (Fsp3) is 0.475. The van der Waals surface area contributed by atoms with E-state index in [1.54, 1.807) is 6.07 Å². The van der Waals surface area contributed by atoms with Crippen LogP contribution in [0.15, 0.2) is 75.1 Å². The molecule has 0 aliphatic carbocycles. The van der Waals surface area contributed by atoms with E-state index in [4.69, 9.17) is 10.2 Å². The first-order valence-corrected chi connectivity index (χ1v) is 21.1. The number of carboxylic acids is 2. The number of esters is 1. The molecule has 0 spiro atoms. The van der Waals surface area contributed by atoms with Gasteiger partial charge in [0.25, 0.3) is 0 Å². The van der Waals surface area contributed by atoms with Gasteiger partial charge in [0.1, 0.15) is 16.2 Å². The second kappa shape index (κ2) is 22.1. The maximum atomic E-state index is 12.6. The topological polar surface area (TPSA) is 245 Å². The molecule has 0 fully saturated rings. The maximum Gasteiger partial charge on any atom is 0.320 e. The summed E-state index contributed by atoms with van der Waals surface area (Å²) in [5.41, 5.74) is 3.82. The number of benzene rings is 2. The SMILES string of the molecule is COC(=O)CN(CC(=O)O)C(CCCCNC(=O)CCCCCN1/C(=C/C=C/C2=Nc3ccc(S(=O)(=O)[O-])cc3C2(C)C)C(C)(C)c2cc(SOOO)ccc21)C(=O)O.[Ni]. The molecule has 2 aromatic carbocycles. The van der Waals surface area contributed by atoms with E-state index >= 15 is 0 Å². The number of nitrogens with zero attached hydrogens (tertiary/aromatic N) is 3. The van der Waals surface area contributed by atoms with Crippen LogP contribution in [0.2, 0.25) is 0 Å². The van der Waals surface area contributed by atoms with Crippen molar-refractivity contribution in [2.45, 2.75) is 99.3 Å². The Labute approximate surface area is 364 Å². The van der Waals surface area contributed by atoms with Crippen molar-refractivity contribution >= 4 is 63.1 Å². The number of rotatable bonds is 23. The van der Waals surface area contributed by atoms with Crippen molar-refractivity contribution in [2.75, 3.05) is 38.2 Å². The fourth-order valence-corrected chi connectivity index (χ4v) is 8.20. The predicted molar refractivity (Wildman–Crippen MR) is 217 cm³/mol. The number of carbonyl (C=O) groups is 4. The number of carbonyl (C=O) groups excluding carboxylic acids is 2. The Morgan fingerprint density at radius 3 is 2.37 bits per heavy atom. The summed E-state index contributed by atoms with van der Waals surface area (Å²) in [5.74, 6) is -3.40. The average Bonchev–Trinajstić information content (AvgIpc) is 3.54. The maximum absolute atomic E-state index is 12.6. The summed E-state index contributed by atoms with van der Waals surface area (Å²) in [6.07, 6.45) is 9.18. The molecule has 1 unspecified atom stereocenters. The number of unbranched alkanes of at least 4 members (excludes halogenated alkanes) is 3. The first kappa shape index (κ1) is 50.2. The van der Waals surface area contributed by atoms with Crippen molar-refractivity contribution in [3.05, 3.63) is 71.5 Å². The van der Waals surface area contributed by atoms with Crippen LogP contribution in [0.5, 0.6) is 0 Å². The quantitative estimate of drug-likeness (QED) is 0.0205. The molecule has 2 aliphatic heterocycles. The zero-order valence-corrected chi connectivity index (χ0v) is 36.6. The van der Waals surface area contributed by atoms with E-state index in [-0.39, 0.29) is 33.7 Å². The summed E-state index contributed by atoms with van der Waals surface area (Å²) in [7, 11) is -3.50. The van der Waals surface area contributed by atoms with Gasteiger partial charge in [-0.15, -0.1) is 4.33 Å². The van der Waals surface area contributed by atoms with E-state index in [9.17, 15) is 42.4 Å². The average molecular weight is 919 g/mol. The third-order valence-corrected chi connectivity index (χ3v) is 11.9. The van der Waals surface area contributed by atoms with Crippen LogP contribution in [-0.4, -0.2) is 102 Å². The number of hydrogen-bond donors (Lipinski definition) is 4. The predicted octanol–water partition coefficient (Wildman–Crippen LogP) is 5.48. The number of methoxy groups -OCH3 is 1. The molecule has 2 heterocycles. The molecule has 0 saturated carbocycles. The first-order valence-electron chi connectivity index (χ1n) is 19.0. The number of ether oxygens (including phenoxy) is 1. The normalized spacial score (nSPS) is 16.3. The molecule has 332 valence electrons. The Morgan fingerprint density at radius 2 is 1.72 bits per heavy atom. The van der Waals surface area contributed by atoms with Crippen LogP contribution in [0.4, 0.5) is 11.4 Å². The molecule has 17 nitrogen and oxygen atoms in total. The van der Waals surface area contributed by atoms with Crippen LogP contribution in [0.3, 0.4) is 0 Å². The van der Waals surface area contributed by atoms with Gasteiger partial charge in [-0.1, -0.05) is 45.2 Å². The summed E-state index contributed by atoms with van der Waals surface area (Å²) in [4.78, 5) is 55.9. The van der Waals surface area contributed by atoms with Crippen molar-refractivity contribution in [2.24, 2.45) is 4.99 Å². The molecular formula is C40H51N4NiO13S2-. The van der Waals surface area contributed by atoms with Crippen LogP contribution in [0.1, 0.15) is 83.8 Å². The molecular weight excluding hydrogens is 867 g/mol. The van der Waals surface area contributed by atoms with E-state index in [1.165, 1.54) is 12.1 Å². The van der Waals surface area contributed by atoms with E-state index in [0.29, 0.717) is 60.6 Å². The standard InChI is InChI=1S/C40H52N4O13S2.Ni/c1-39(2)28-23-27(59(52,53)54)17-18-30(28)42-33(39)13-11-14-34-40(3,4)29-22-26(58-57-56-51)16-19-31(29)44(34)21-10-6-7-15-35(45)41-20-9-8-12-32(38(49)50)43(24-36(46)47)25-37(48)55-5;/h11,13-14,16-19,22-23,32,51H,6-10,12,15,20-21,24-25H2,1-5H3,(H,41,45)(H,46,47)(H,49,50)(H,52,53,54);/p-1/b13-11+,34-14+;. The minimum atomic E-state index is -4.63. The van der Waals surface area contributed by atoms with Gasteiger partial charge >= 0.3 is 17.9 Å². The molecule has 0 aromatic heterocycles. The molecule has 1 amide bonds. The van der Waals surface area contributed by atoms with Crippen molar-refractivity contribution < 1.29 is 78.2 Å². The summed E-state index contributed by atoms with van der Waals surface area (Å²) in [5, 5.41) is 34.2.